The molecule has 7 heteroatoms. The predicted molar refractivity (Wildman–Crippen MR) is 137 cm³/mol. The number of hydrogen-bond acceptors (Lipinski definition) is 4. The molecule has 0 fully saturated rings. The van der Waals surface area contributed by atoms with Crippen molar-refractivity contribution in [3.05, 3.63) is 119 Å². The summed E-state index contributed by atoms with van der Waals surface area (Å²) in [5, 5.41) is 4.40. The third-order valence-corrected chi connectivity index (χ3v) is 7.47. The number of rotatable bonds is 8. The molecule has 0 aliphatic heterocycles. The molecule has 4 aromatic rings. The Labute approximate surface area is 206 Å². The highest BCUT2D eigenvalue weighted by Crippen LogP contribution is 2.30. The Hall–Kier alpha value is -3.55. The fourth-order valence-electron chi connectivity index (χ4n) is 4.22. The van der Waals surface area contributed by atoms with Gasteiger partial charge in [-0.2, -0.15) is 5.10 Å². The largest absolute Gasteiger partial charge is 0.272 e. The molecule has 1 heterocycles. The monoisotopic (exact) mass is 487 g/mol. The van der Waals surface area contributed by atoms with Crippen LogP contribution in [-0.2, 0) is 16.4 Å². The van der Waals surface area contributed by atoms with Crippen LogP contribution in [0.25, 0.3) is 0 Å². The maximum absolute atomic E-state index is 13.9. The van der Waals surface area contributed by atoms with Crippen molar-refractivity contribution in [2.45, 2.75) is 38.1 Å². The number of aromatic nitrogens is 2. The standard InChI is InChI=1S/C28H29N3O3S/c1-20-14-16-25(17-15-20)35(33,34)30-27(24-12-8-5-9-13-24)26(19-23-10-6-4-7-11-23)28(32)31-22(3)18-21(2)29-31/h4-18,26-27,30H,19H2,1-3H3/t26-,27-/m0/s1. The number of sulfonamides is 1. The van der Waals surface area contributed by atoms with E-state index in [1.807, 2.05) is 87.5 Å². The molecular formula is C28H29N3O3S. The lowest BCUT2D eigenvalue weighted by Gasteiger charge is -2.28. The molecule has 0 saturated heterocycles. The zero-order chi connectivity index (χ0) is 25.0. The second kappa shape index (κ2) is 10.4. The van der Waals surface area contributed by atoms with E-state index < -0.39 is 22.0 Å². The number of nitrogens with zero attached hydrogens (tertiary/aromatic N) is 2. The SMILES string of the molecule is Cc1ccc(S(=O)(=O)N[C@@H](c2ccccc2)[C@H](Cc2ccccc2)C(=O)n2nc(C)cc2C)cc1. The van der Waals surface area contributed by atoms with Crippen LogP contribution in [0, 0.1) is 26.7 Å². The Balaban J connectivity index is 1.81. The number of nitrogens with one attached hydrogen (secondary N) is 1. The molecule has 0 radical (unpaired) electrons. The first-order valence-electron chi connectivity index (χ1n) is 11.5. The van der Waals surface area contributed by atoms with Gasteiger partial charge in [-0.05, 0) is 56.5 Å². The Morgan fingerprint density at radius 1 is 0.886 bits per heavy atom. The first-order valence-corrected chi connectivity index (χ1v) is 13.0. The van der Waals surface area contributed by atoms with Gasteiger partial charge < -0.3 is 0 Å². The zero-order valence-electron chi connectivity index (χ0n) is 20.0. The van der Waals surface area contributed by atoms with Gasteiger partial charge in [-0.15, -0.1) is 0 Å². The van der Waals surface area contributed by atoms with Crippen LogP contribution >= 0.6 is 0 Å². The first kappa shape index (κ1) is 24.6. The topological polar surface area (TPSA) is 81.1 Å². The average Bonchev–Trinajstić information content (AvgIpc) is 3.20. The quantitative estimate of drug-likeness (QED) is 0.378. The van der Waals surface area contributed by atoms with Gasteiger partial charge in [-0.1, -0.05) is 78.4 Å². The lowest BCUT2D eigenvalue weighted by molar-refractivity contribution is 0.0787. The summed E-state index contributed by atoms with van der Waals surface area (Å²) < 4.78 is 31.2. The molecule has 0 unspecified atom stereocenters. The molecule has 0 amide bonds. The van der Waals surface area contributed by atoms with Crippen LogP contribution in [-0.4, -0.2) is 24.1 Å². The molecule has 1 aromatic heterocycles. The molecule has 0 aliphatic carbocycles. The van der Waals surface area contributed by atoms with E-state index in [1.54, 1.807) is 24.3 Å². The van der Waals surface area contributed by atoms with Crippen LogP contribution in [0.5, 0.6) is 0 Å². The second-order valence-electron chi connectivity index (χ2n) is 8.80. The molecule has 6 nitrogen and oxygen atoms in total. The lowest BCUT2D eigenvalue weighted by Crippen LogP contribution is -2.40. The third-order valence-electron chi connectivity index (χ3n) is 6.01. The van der Waals surface area contributed by atoms with Gasteiger partial charge in [0.05, 0.1) is 22.5 Å². The van der Waals surface area contributed by atoms with Gasteiger partial charge in [-0.25, -0.2) is 17.8 Å². The Bertz CT molecular complexity index is 1400. The van der Waals surface area contributed by atoms with Crippen LogP contribution in [0.1, 0.15) is 38.9 Å². The van der Waals surface area contributed by atoms with Crippen molar-refractivity contribution in [3.8, 4) is 0 Å². The van der Waals surface area contributed by atoms with Crippen LogP contribution < -0.4 is 4.72 Å². The van der Waals surface area contributed by atoms with Gasteiger partial charge in [0.2, 0.25) is 10.0 Å². The minimum absolute atomic E-state index is 0.154. The van der Waals surface area contributed by atoms with E-state index in [4.69, 9.17) is 0 Å². The summed E-state index contributed by atoms with van der Waals surface area (Å²) >= 11 is 0. The van der Waals surface area contributed by atoms with Gasteiger partial charge >= 0.3 is 0 Å². The number of benzene rings is 3. The highest BCUT2D eigenvalue weighted by Gasteiger charge is 2.35. The van der Waals surface area contributed by atoms with E-state index in [9.17, 15) is 13.2 Å². The van der Waals surface area contributed by atoms with Crippen molar-refractivity contribution in [1.29, 1.82) is 0 Å². The summed E-state index contributed by atoms with van der Waals surface area (Å²) in [6.07, 6.45) is 0.341. The van der Waals surface area contributed by atoms with Crippen molar-refractivity contribution in [1.82, 2.24) is 14.5 Å². The Morgan fingerprint density at radius 3 is 2.06 bits per heavy atom. The normalized spacial score (nSPS) is 13.3. The summed E-state index contributed by atoms with van der Waals surface area (Å²) in [5.41, 5.74) is 4.04. The number of hydrogen-bond donors (Lipinski definition) is 1. The predicted octanol–water partition coefficient (Wildman–Crippen LogP) is 5.03. The summed E-state index contributed by atoms with van der Waals surface area (Å²) in [6, 6.07) is 26.6. The van der Waals surface area contributed by atoms with Crippen molar-refractivity contribution >= 4 is 15.9 Å². The van der Waals surface area contributed by atoms with E-state index in [0.717, 1.165) is 16.8 Å². The van der Waals surface area contributed by atoms with E-state index in [1.165, 1.54) is 4.68 Å². The summed E-state index contributed by atoms with van der Waals surface area (Å²) in [7, 11) is -3.91. The Morgan fingerprint density at radius 2 is 1.49 bits per heavy atom. The molecule has 1 N–H and O–H groups in total. The zero-order valence-corrected chi connectivity index (χ0v) is 20.9. The van der Waals surface area contributed by atoms with Gasteiger partial charge in [0.1, 0.15) is 0 Å². The molecule has 35 heavy (non-hydrogen) atoms. The van der Waals surface area contributed by atoms with E-state index in [2.05, 4.69) is 9.82 Å². The maximum atomic E-state index is 13.9. The van der Waals surface area contributed by atoms with Crippen molar-refractivity contribution in [2.24, 2.45) is 5.92 Å². The average molecular weight is 488 g/mol. The molecule has 180 valence electrons. The minimum Gasteiger partial charge on any atom is -0.272 e. The summed E-state index contributed by atoms with van der Waals surface area (Å²) in [4.78, 5) is 14.1. The first-order chi connectivity index (χ1) is 16.7. The summed E-state index contributed by atoms with van der Waals surface area (Å²) in [5.74, 6) is -1.00. The molecule has 0 spiro atoms. The third kappa shape index (κ3) is 5.75. The van der Waals surface area contributed by atoms with Gasteiger partial charge in [0.25, 0.3) is 5.91 Å². The number of aryl methyl sites for hydroxylation is 3. The summed E-state index contributed by atoms with van der Waals surface area (Å²) in [6.45, 7) is 5.56. The lowest BCUT2D eigenvalue weighted by atomic mass is 9.87. The highest BCUT2D eigenvalue weighted by atomic mass is 32.2. The van der Waals surface area contributed by atoms with Crippen LogP contribution in [0.3, 0.4) is 0 Å². The van der Waals surface area contributed by atoms with Crippen LogP contribution in [0.4, 0.5) is 0 Å². The molecular weight excluding hydrogens is 458 g/mol. The molecule has 0 aliphatic rings. The molecule has 4 rings (SSSR count). The highest BCUT2D eigenvalue weighted by molar-refractivity contribution is 7.89. The second-order valence-corrected chi connectivity index (χ2v) is 10.5. The minimum atomic E-state index is -3.91. The van der Waals surface area contributed by atoms with Crippen molar-refractivity contribution in [3.63, 3.8) is 0 Å². The van der Waals surface area contributed by atoms with E-state index in [-0.39, 0.29) is 10.8 Å². The van der Waals surface area contributed by atoms with Gasteiger partial charge in [-0.3, -0.25) is 4.79 Å². The van der Waals surface area contributed by atoms with Crippen LogP contribution in [0.15, 0.2) is 95.9 Å². The van der Waals surface area contributed by atoms with Crippen molar-refractivity contribution < 1.29 is 13.2 Å². The molecule has 0 saturated carbocycles. The molecule has 2 atom stereocenters. The molecule has 0 bridgehead atoms. The van der Waals surface area contributed by atoms with Crippen molar-refractivity contribution in [2.75, 3.05) is 0 Å². The van der Waals surface area contributed by atoms with Crippen LogP contribution in [0.2, 0.25) is 0 Å². The molecule has 3 aromatic carbocycles. The fraction of sp³-hybridized carbons (Fsp3) is 0.214. The fourth-order valence-corrected chi connectivity index (χ4v) is 5.49. The maximum Gasteiger partial charge on any atom is 0.252 e. The Kier molecular flexibility index (Phi) is 7.28. The van der Waals surface area contributed by atoms with Gasteiger partial charge in [0.15, 0.2) is 0 Å². The number of carbonyl (C=O) groups excluding carboxylic acids is 1. The number of carbonyl (C=O) groups is 1. The van der Waals surface area contributed by atoms with E-state index >= 15 is 0 Å². The van der Waals surface area contributed by atoms with E-state index in [0.29, 0.717) is 17.7 Å². The van der Waals surface area contributed by atoms with Gasteiger partial charge in [0, 0.05) is 5.69 Å². The smallest absolute Gasteiger partial charge is 0.252 e.